The van der Waals surface area contributed by atoms with Crippen LogP contribution in [0.3, 0.4) is 0 Å². The molecule has 2 aromatic heterocycles. The highest BCUT2D eigenvalue weighted by atomic mass is 16.2. The first-order chi connectivity index (χ1) is 15.0. The van der Waals surface area contributed by atoms with Gasteiger partial charge in [0.05, 0.1) is 17.8 Å². The number of aromatic nitrogens is 3. The number of benzene rings is 2. The molecule has 0 fully saturated rings. The molecule has 0 saturated heterocycles. The molecule has 31 heavy (non-hydrogen) atoms. The molecular weight excluding hydrogens is 390 g/mol. The van der Waals surface area contributed by atoms with E-state index in [1.807, 2.05) is 6.07 Å². The Morgan fingerprint density at radius 2 is 2.00 bits per heavy atom. The summed E-state index contributed by atoms with van der Waals surface area (Å²) in [4.78, 5) is 29.8. The molecule has 0 bridgehead atoms. The zero-order valence-electron chi connectivity index (χ0n) is 17.1. The van der Waals surface area contributed by atoms with Crippen molar-refractivity contribution >= 4 is 34.1 Å². The second-order valence-electron chi connectivity index (χ2n) is 8.35. The minimum absolute atomic E-state index is 0.0134. The van der Waals surface area contributed by atoms with Gasteiger partial charge in [0.15, 0.2) is 0 Å². The first-order valence-electron chi connectivity index (χ1n) is 10.5. The van der Waals surface area contributed by atoms with E-state index in [-0.39, 0.29) is 5.91 Å². The lowest BCUT2D eigenvalue weighted by Crippen LogP contribution is -2.21. The van der Waals surface area contributed by atoms with E-state index >= 15 is 0 Å². The van der Waals surface area contributed by atoms with Gasteiger partial charge in [-0.2, -0.15) is 5.10 Å². The highest BCUT2D eigenvalue weighted by molar-refractivity contribution is 6.10. The van der Waals surface area contributed by atoms with Gasteiger partial charge in [0.25, 0.3) is 0 Å². The molecular formula is C24H21N5O2. The zero-order chi connectivity index (χ0) is 21.3. The van der Waals surface area contributed by atoms with Crippen LogP contribution in [0.5, 0.6) is 0 Å². The number of nitrogens with two attached hydrogens (primary N) is 1. The monoisotopic (exact) mass is 411 g/mol. The van der Waals surface area contributed by atoms with Gasteiger partial charge in [-0.3, -0.25) is 19.6 Å². The van der Waals surface area contributed by atoms with Crippen molar-refractivity contribution in [2.24, 2.45) is 5.73 Å². The molecule has 7 nitrogen and oxygen atoms in total. The Labute approximate surface area is 178 Å². The molecule has 154 valence electrons. The van der Waals surface area contributed by atoms with E-state index in [4.69, 9.17) is 5.73 Å². The van der Waals surface area contributed by atoms with Crippen LogP contribution >= 0.6 is 0 Å². The molecule has 0 unspecified atom stereocenters. The lowest BCUT2D eigenvalue weighted by atomic mass is 10.0. The lowest BCUT2D eigenvalue weighted by molar-refractivity contribution is -0.116. The van der Waals surface area contributed by atoms with Gasteiger partial charge in [-0.05, 0) is 67.6 Å². The average Bonchev–Trinajstić information content (AvgIpc) is 3.35. The van der Waals surface area contributed by atoms with Crippen LogP contribution in [0.1, 0.15) is 39.2 Å². The fourth-order valence-corrected chi connectivity index (χ4v) is 5.01. The first-order valence-corrected chi connectivity index (χ1v) is 10.5. The quantitative estimate of drug-likeness (QED) is 0.468. The number of amides is 2. The molecule has 0 spiro atoms. The summed E-state index contributed by atoms with van der Waals surface area (Å²) in [6, 6.07) is 11.1. The number of rotatable bonds is 2. The van der Waals surface area contributed by atoms with Gasteiger partial charge in [-0.15, -0.1) is 0 Å². The van der Waals surface area contributed by atoms with E-state index in [0.29, 0.717) is 17.7 Å². The molecule has 7 heteroatoms. The summed E-state index contributed by atoms with van der Waals surface area (Å²) in [6.45, 7) is 2.07. The van der Waals surface area contributed by atoms with Crippen LogP contribution in [0.25, 0.3) is 22.3 Å². The lowest BCUT2D eigenvalue weighted by Gasteiger charge is -2.18. The number of anilines is 2. The fraction of sp³-hybridized carbons (Fsp3) is 0.208. The Bertz CT molecular complexity index is 1410. The number of H-pyrrole nitrogens is 2. The largest absolute Gasteiger partial charge is 0.366 e. The van der Waals surface area contributed by atoms with E-state index in [0.717, 1.165) is 58.5 Å². The highest BCUT2D eigenvalue weighted by Gasteiger charge is 2.31. The van der Waals surface area contributed by atoms with Gasteiger partial charge in [-0.1, -0.05) is 6.07 Å². The maximum absolute atomic E-state index is 12.9. The van der Waals surface area contributed by atoms with Crippen LogP contribution in [0.4, 0.5) is 11.4 Å². The second-order valence-corrected chi connectivity index (χ2v) is 8.35. The van der Waals surface area contributed by atoms with E-state index in [2.05, 4.69) is 34.2 Å². The Morgan fingerprint density at radius 3 is 2.84 bits per heavy atom. The van der Waals surface area contributed by atoms with Crippen LogP contribution < -0.4 is 10.6 Å². The first kappa shape index (κ1) is 17.9. The number of carbonyl (C=O) groups excluding carboxylic acids is 2. The molecule has 0 atom stereocenters. The van der Waals surface area contributed by atoms with Crippen LogP contribution in [0.2, 0.25) is 0 Å². The number of aryl methyl sites for hydroxylation is 2. The van der Waals surface area contributed by atoms with Gasteiger partial charge >= 0.3 is 0 Å². The molecule has 4 N–H and O–H groups in total. The smallest absolute Gasteiger partial charge is 0.248 e. The Kier molecular flexibility index (Phi) is 3.65. The third kappa shape index (κ3) is 2.56. The molecule has 2 aromatic carbocycles. The number of hydrogen-bond acceptors (Lipinski definition) is 3. The van der Waals surface area contributed by atoms with Crippen molar-refractivity contribution in [2.75, 3.05) is 4.90 Å². The minimum Gasteiger partial charge on any atom is -0.366 e. The summed E-state index contributed by atoms with van der Waals surface area (Å²) in [5, 5.41) is 8.81. The minimum atomic E-state index is -0.509. The predicted octanol–water partition coefficient (Wildman–Crippen LogP) is 3.67. The average molecular weight is 411 g/mol. The van der Waals surface area contributed by atoms with Gasteiger partial charge in [0.2, 0.25) is 11.8 Å². The van der Waals surface area contributed by atoms with Crippen molar-refractivity contribution in [2.45, 2.75) is 32.6 Å². The summed E-state index contributed by atoms with van der Waals surface area (Å²) < 4.78 is 0. The molecule has 0 radical (unpaired) electrons. The molecule has 2 aliphatic rings. The molecule has 6 rings (SSSR count). The Hall–Kier alpha value is -3.87. The number of primary amides is 1. The van der Waals surface area contributed by atoms with E-state index in [1.165, 1.54) is 11.1 Å². The van der Waals surface area contributed by atoms with Crippen LogP contribution in [-0.2, 0) is 24.1 Å². The van der Waals surface area contributed by atoms with Gasteiger partial charge in [0.1, 0.15) is 5.69 Å². The number of nitrogens with one attached hydrogen (secondary N) is 2. The van der Waals surface area contributed by atoms with Crippen molar-refractivity contribution in [1.82, 2.24) is 15.2 Å². The SMILES string of the molecule is Cc1[nH]nc2c1CCCc1c-2[nH]c2cc3c(cc12)N(c1cccc(C(N)=O)c1)C(=O)C3. The van der Waals surface area contributed by atoms with Gasteiger partial charge in [0, 0.05) is 33.4 Å². The number of carbonyl (C=O) groups is 2. The Balaban J connectivity index is 1.54. The van der Waals surface area contributed by atoms with Crippen molar-refractivity contribution in [1.29, 1.82) is 0 Å². The molecule has 2 amide bonds. The number of hydrogen-bond donors (Lipinski definition) is 3. The molecule has 1 aliphatic heterocycles. The van der Waals surface area contributed by atoms with Crippen molar-refractivity contribution in [3.8, 4) is 11.4 Å². The summed E-state index contributed by atoms with van der Waals surface area (Å²) >= 11 is 0. The van der Waals surface area contributed by atoms with Crippen molar-refractivity contribution in [3.63, 3.8) is 0 Å². The Morgan fingerprint density at radius 1 is 1.16 bits per heavy atom. The van der Waals surface area contributed by atoms with Gasteiger partial charge in [-0.25, -0.2) is 0 Å². The third-order valence-electron chi connectivity index (χ3n) is 6.49. The predicted molar refractivity (Wildman–Crippen MR) is 118 cm³/mol. The number of aromatic amines is 2. The second kappa shape index (κ2) is 6.31. The van der Waals surface area contributed by atoms with E-state index < -0.39 is 5.91 Å². The zero-order valence-corrected chi connectivity index (χ0v) is 17.1. The summed E-state index contributed by atoms with van der Waals surface area (Å²) in [6.07, 6.45) is 3.32. The standard InChI is InChI=1S/C24H21N5O2/c1-12-16-6-3-7-17-18-11-20-14(9-19(18)26-22(17)23(16)28-27-12)10-21(30)29(20)15-5-2-4-13(8-15)24(25)31/h2,4-5,8-9,11,26H,3,6-7,10H2,1H3,(H2,25,31)(H,27,28). The maximum Gasteiger partial charge on any atom is 0.248 e. The topological polar surface area (TPSA) is 108 Å². The van der Waals surface area contributed by atoms with Crippen molar-refractivity contribution in [3.05, 3.63) is 64.3 Å². The third-order valence-corrected chi connectivity index (χ3v) is 6.49. The van der Waals surface area contributed by atoms with E-state index in [1.54, 1.807) is 23.1 Å². The number of fused-ring (bicyclic) bond motifs is 6. The highest BCUT2D eigenvalue weighted by Crippen LogP contribution is 2.42. The molecule has 1 aliphatic carbocycles. The summed E-state index contributed by atoms with van der Waals surface area (Å²) in [7, 11) is 0. The van der Waals surface area contributed by atoms with Crippen LogP contribution in [0, 0.1) is 6.92 Å². The molecule has 3 heterocycles. The van der Waals surface area contributed by atoms with Gasteiger partial charge < -0.3 is 10.7 Å². The fourth-order valence-electron chi connectivity index (χ4n) is 5.01. The van der Waals surface area contributed by atoms with E-state index in [9.17, 15) is 9.59 Å². The molecule has 4 aromatic rings. The normalized spacial score (nSPS) is 15.0. The van der Waals surface area contributed by atoms with Crippen molar-refractivity contribution < 1.29 is 9.59 Å². The van der Waals surface area contributed by atoms with Crippen LogP contribution in [0.15, 0.2) is 36.4 Å². The molecule has 0 saturated carbocycles. The summed E-state index contributed by atoms with van der Waals surface area (Å²) in [5.41, 5.74) is 15.1. The van der Waals surface area contributed by atoms with Crippen LogP contribution in [-0.4, -0.2) is 27.0 Å². The number of nitrogens with zero attached hydrogens (tertiary/aromatic N) is 2. The summed E-state index contributed by atoms with van der Waals surface area (Å²) in [5.74, 6) is -0.522. The maximum atomic E-state index is 12.9.